The number of anilines is 1. The number of hydrogen-bond acceptors (Lipinski definition) is 2. The smallest absolute Gasteiger partial charge is 0.388 e. The molecule has 108 valence electrons. The van der Waals surface area contributed by atoms with Crippen molar-refractivity contribution in [1.82, 2.24) is 4.98 Å². The van der Waals surface area contributed by atoms with Crippen LogP contribution in [0.1, 0.15) is 31.0 Å². The van der Waals surface area contributed by atoms with E-state index in [2.05, 4.69) is 17.2 Å². The zero-order valence-electron chi connectivity index (χ0n) is 11.5. The van der Waals surface area contributed by atoms with Gasteiger partial charge in [0, 0.05) is 18.1 Å². The van der Waals surface area contributed by atoms with Gasteiger partial charge in [0.15, 0.2) is 0 Å². The van der Waals surface area contributed by atoms with Crippen LogP contribution in [0.3, 0.4) is 0 Å². The van der Waals surface area contributed by atoms with Crippen LogP contribution in [0.5, 0.6) is 0 Å². The lowest BCUT2D eigenvalue weighted by Crippen LogP contribution is -2.09. The summed E-state index contributed by atoms with van der Waals surface area (Å²) in [4.78, 5) is 3.71. The van der Waals surface area contributed by atoms with Crippen LogP contribution >= 0.6 is 0 Å². The maximum absolute atomic E-state index is 12.8. The van der Waals surface area contributed by atoms with Crippen LogP contribution in [0.2, 0.25) is 0 Å². The highest BCUT2D eigenvalue weighted by Gasteiger charge is 2.33. The van der Waals surface area contributed by atoms with Crippen LogP contribution in [0.25, 0.3) is 10.9 Å². The Kier molecular flexibility index (Phi) is 4.16. The number of hydrogen-bond donors (Lipinski definition) is 1. The van der Waals surface area contributed by atoms with E-state index < -0.39 is 11.9 Å². The third kappa shape index (κ3) is 3.03. The summed E-state index contributed by atoms with van der Waals surface area (Å²) in [5, 5.41) is 3.56. The van der Waals surface area contributed by atoms with Gasteiger partial charge < -0.3 is 5.32 Å². The Hall–Kier alpha value is -1.78. The minimum absolute atomic E-state index is 0.365. The Bertz CT molecular complexity index is 606. The SMILES string of the molecule is CCCCc1ccc2nc(C(F)(F)F)cc(NC)c2c1. The molecular formula is C15H17F3N2. The molecule has 0 saturated carbocycles. The number of nitrogens with zero attached hydrogens (tertiary/aromatic N) is 1. The number of fused-ring (bicyclic) bond motifs is 1. The minimum atomic E-state index is -4.43. The quantitative estimate of drug-likeness (QED) is 0.883. The highest BCUT2D eigenvalue weighted by atomic mass is 19.4. The number of rotatable bonds is 4. The van der Waals surface area contributed by atoms with E-state index in [0.29, 0.717) is 11.2 Å². The Balaban J connectivity index is 2.53. The van der Waals surface area contributed by atoms with Gasteiger partial charge >= 0.3 is 6.18 Å². The summed E-state index contributed by atoms with van der Waals surface area (Å²) in [5.41, 5.74) is 1.08. The molecule has 1 heterocycles. The van der Waals surface area contributed by atoms with E-state index in [-0.39, 0.29) is 0 Å². The van der Waals surface area contributed by atoms with Crippen LogP contribution in [0, 0.1) is 0 Å². The van der Waals surface area contributed by atoms with E-state index in [0.717, 1.165) is 36.3 Å². The van der Waals surface area contributed by atoms with Crippen molar-refractivity contribution in [2.45, 2.75) is 32.4 Å². The summed E-state index contributed by atoms with van der Waals surface area (Å²) in [5.74, 6) is 0. The van der Waals surface area contributed by atoms with Crippen LogP contribution in [-0.4, -0.2) is 12.0 Å². The van der Waals surface area contributed by atoms with Gasteiger partial charge in [0.25, 0.3) is 0 Å². The van der Waals surface area contributed by atoms with Gasteiger partial charge in [-0.25, -0.2) is 4.98 Å². The Morgan fingerprint density at radius 3 is 2.55 bits per heavy atom. The van der Waals surface area contributed by atoms with Crippen molar-refractivity contribution in [2.75, 3.05) is 12.4 Å². The molecule has 0 aliphatic rings. The van der Waals surface area contributed by atoms with Gasteiger partial charge in [-0.2, -0.15) is 13.2 Å². The first-order valence-electron chi connectivity index (χ1n) is 6.64. The molecule has 1 N–H and O–H groups in total. The lowest BCUT2D eigenvalue weighted by atomic mass is 10.0. The topological polar surface area (TPSA) is 24.9 Å². The van der Waals surface area contributed by atoms with Crippen molar-refractivity contribution in [3.8, 4) is 0 Å². The van der Waals surface area contributed by atoms with Crippen molar-refractivity contribution >= 4 is 16.6 Å². The molecule has 0 saturated heterocycles. The fraction of sp³-hybridized carbons (Fsp3) is 0.400. The summed E-state index contributed by atoms with van der Waals surface area (Å²) in [6.45, 7) is 2.11. The van der Waals surface area contributed by atoms with Gasteiger partial charge in [-0.05, 0) is 36.6 Å². The second kappa shape index (κ2) is 5.69. The normalized spacial score (nSPS) is 11.8. The van der Waals surface area contributed by atoms with Gasteiger partial charge in [0.05, 0.1) is 5.52 Å². The number of aromatic nitrogens is 1. The van der Waals surface area contributed by atoms with Gasteiger partial charge in [0.2, 0.25) is 0 Å². The first-order chi connectivity index (χ1) is 9.45. The number of pyridine rings is 1. The summed E-state index contributed by atoms with van der Waals surface area (Å²) in [6, 6.07) is 6.50. The minimum Gasteiger partial charge on any atom is -0.388 e. The molecule has 0 aliphatic carbocycles. The van der Waals surface area contributed by atoms with Gasteiger partial charge in [-0.3, -0.25) is 0 Å². The monoisotopic (exact) mass is 282 g/mol. The lowest BCUT2D eigenvalue weighted by Gasteiger charge is -2.12. The molecule has 0 fully saturated rings. The average Bonchev–Trinajstić information content (AvgIpc) is 2.42. The molecule has 0 atom stereocenters. The molecule has 5 heteroatoms. The number of benzene rings is 1. The molecule has 0 amide bonds. The first kappa shape index (κ1) is 14.6. The molecule has 1 aromatic heterocycles. The summed E-state index contributed by atoms with van der Waals surface area (Å²) in [6.07, 6.45) is -1.35. The molecule has 20 heavy (non-hydrogen) atoms. The fourth-order valence-electron chi connectivity index (χ4n) is 2.16. The second-order valence-corrected chi connectivity index (χ2v) is 4.76. The van der Waals surface area contributed by atoms with Crippen LogP contribution in [0.4, 0.5) is 18.9 Å². The van der Waals surface area contributed by atoms with E-state index in [1.165, 1.54) is 0 Å². The molecule has 0 spiro atoms. The molecule has 0 unspecified atom stereocenters. The second-order valence-electron chi connectivity index (χ2n) is 4.76. The molecular weight excluding hydrogens is 265 g/mol. The Labute approximate surface area is 116 Å². The van der Waals surface area contributed by atoms with E-state index in [4.69, 9.17) is 0 Å². The largest absolute Gasteiger partial charge is 0.433 e. The predicted octanol–water partition coefficient (Wildman–Crippen LogP) is 4.64. The molecule has 2 rings (SSSR count). The zero-order chi connectivity index (χ0) is 14.8. The van der Waals surface area contributed by atoms with Crippen molar-refractivity contribution < 1.29 is 13.2 Å². The summed E-state index contributed by atoms with van der Waals surface area (Å²) < 4.78 is 38.4. The van der Waals surface area contributed by atoms with Crippen molar-refractivity contribution in [2.24, 2.45) is 0 Å². The molecule has 2 nitrogen and oxygen atoms in total. The maximum Gasteiger partial charge on any atom is 0.433 e. The molecule has 0 bridgehead atoms. The predicted molar refractivity (Wildman–Crippen MR) is 74.9 cm³/mol. The number of halogens is 3. The number of aryl methyl sites for hydroxylation is 1. The third-order valence-corrected chi connectivity index (χ3v) is 3.25. The third-order valence-electron chi connectivity index (χ3n) is 3.25. The van der Waals surface area contributed by atoms with Gasteiger partial charge in [-0.1, -0.05) is 19.4 Å². The van der Waals surface area contributed by atoms with Crippen molar-refractivity contribution in [1.29, 1.82) is 0 Å². The number of nitrogens with one attached hydrogen (secondary N) is 1. The first-order valence-corrected chi connectivity index (χ1v) is 6.64. The number of unbranched alkanes of at least 4 members (excludes halogenated alkanes) is 1. The molecule has 0 aliphatic heterocycles. The maximum atomic E-state index is 12.8. The fourth-order valence-corrected chi connectivity index (χ4v) is 2.16. The van der Waals surface area contributed by atoms with Crippen molar-refractivity contribution in [3.63, 3.8) is 0 Å². The van der Waals surface area contributed by atoms with Crippen LogP contribution < -0.4 is 5.32 Å². The Morgan fingerprint density at radius 2 is 1.95 bits per heavy atom. The van der Waals surface area contributed by atoms with E-state index in [1.54, 1.807) is 13.1 Å². The zero-order valence-corrected chi connectivity index (χ0v) is 11.5. The number of alkyl halides is 3. The highest BCUT2D eigenvalue weighted by molar-refractivity contribution is 5.92. The molecule has 0 radical (unpaired) electrons. The highest BCUT2D eigenvalue weighted by Crippen LogP contribution is 2.33. The molecule has 2 aromatic rings. The standard InChI is InChI=1S/C15H17F3N2/c1-3-4-5-10-6-7-12-11(8-10)13(19-2)9-14(20-12)15(16,17)18/h6-9H,3-5H2,1-2H3,(H,19,20). The van der Waals surface area contributed by atoms with Crippen molar-refractivity contribution in [3.05, 3.63) is 35.5 Å². The van der Waals surface area contributed by atoms with E-state index in [9.17, 15) is 13.2 Å². The van der Waals surface area contributed by atoms with E-state index in [1.807, 2.05) is 12.1 Å². The summed E-state index contributed by atoms with van der Waals surface area (Å²) in [7, 11) is 1.62. The lowest BCUT2D eigenvalue weighted by molar-refractivity contribution is -0.140. The molecule has 1 aromatic carbocycles. The van der Waals surface area contributed by atoms with E-state index >= 15 is 0 Å². The van der Waals surface area contributed by atoms with Crippen LogP contribution in [-0.2, 0) is 12.6 Å². The van der Waals surface area contributed by atoms with Gasteiger partial charge in [0.1, 0.15) is 5.69 Å². The van der Waals surface area contributed by atoms with Crippen LogP contribution in [0.15, 0.2) is 24.3 Å². The van der Waals surface area contributed by atoms with Gasteiger partial charge in [-0.15, -0.1) is 0 Å². The Morgan fingerprint density at radius 1 is 1.20 bits per heavy atom. The average molecular weight is 282 g/mol. The summed E-state index contributed by atoms with van der Waals surface area (Å²) >= 11 is 0.